The van der Waals surface area contributed by atoms with E-state index in [2.05, 4.69) is 10.1 Å². The lowest BCUT2D eigenvalue weighted by atomic mass is 10.2. The normalized spacial score (nSPS) is 12.1. The van der Waals surface area contributed by atoms with Gasteiger partial charge in [-0.15, -0.1) is 0 Å². The quantitative estimate of drug-likeness (QED) is 0.791. The fraction of sp³-hybridized carbons (Fsp3) is 0.125. The zero-order valence-corrected chi connectivity index (χ0v) is 11.6. The van der Waals surface area contributed by atoms with Crippen LogP contribution in [0.4, 0.5) is 0 Å². The van der Waals surface area contributed by atoms with Gasteiger partial charge in [0.25, 0.3) is 0 Å². The fourth-order valence-electron chi connectivity index (χ4n) is 1.86. The van der Waals surface area contributed by atoms with Crippen LogP contribution in [0, 0.1) is 0 Å². The molecule has 3 aromatic rings. The molecule has 5 heteroatoms. The van der Waals surface area contributed by atoms with E-state index in [9.17, 15) is 0 Å². The van der Waals surface area contributed by atoms with E-state index in [0.717, 1.165) is 11.3 Å². The Morgan fingerprint density at radius 3 is 2.52 bits per heavy atom. The molecule has 1 aromatic heterocycles. The van der Waals surface area contributed by atoms with Gasteiger partial charge in [-0.05, 0) is 31.2 Å². The first kappa shape index (κ1) is 13.3. The second kappa shape index (κ2) is 5.76. The molecule has 1 heterocycles. The molecule has 0 radical (unpaired) electrons. The molecule has 3 rings (SSSR count). The molecular formula is C16H15N3O2. The average molecular weight is 281 g/mol. The highest BCUT2D eigenvalue weighted by Crippen LogP contribution is 2.26. The van der Waals surface area contributed by atoms with Crippen LogP contribution < -0.4 is 10.5 Å². The van der Waals surface area contributed by atoms with Gasteiger partial charge in [0.1, 0.15) is 11.5 Å². The maximum atomic E-state index is 5.78. The lowest BCUT2D eigenvalue weighted by Gasteiger charge is -2.05. The minimum absolute atomic E-state index is 0.282. The van der Waals surface area contributed by atoms with Crippen LogP contribution >= 0.6 is 0 Å². The number of hydrogen-bond acceptors (Lipinski definition) is 5. The molecular weight excluding hydrogens is 266 g/mol. The summed E-state index contributed by atoms with van der Waals surface area (Å²) < 4.78 is 10.9. The van der Waals surface area contributed by atoms with Crippen molar-refractivity contribution in [2.45, 2.75) is 13.0 Å². The predicted molar refractivity (Wildman–Crippen MR) is 78.9 cm³/mol. The van der Waals surface area contributed by atoms with Crippen molar-refractivity contribution in [3.05, 3.63) is 60.5 Å². The van der Waals surface area contributed by atoms with E-state index < -0.39 is 0 Å². The number of ether oxygens (including phenoxy) is 1. The summed E-state index contributed by atoms with van der Waals surface area (Å²) in [5.74, 6) is 2.41. The first-order valence-corrected chi connectivity index (χ1v) is 6.65. The molecule has 1 unspecified atom stereocenters. The molecule has 2 aromatic carbocycles. The van der Waals surface area contributed by atoms with Crippen LogP contribution in [0.2, 0.25) is 0 Å². The van der Waals surface area contributed by atoms with Crippen molar-refractivity contribution in [3.63, 3.8) is 0 Å². The molecule has 0 saturated carbocycles. The van der Waals surface area contributed by atoms with Crippen LogP contribution in [0.1, 0.15) is 18.9 Å². The second-order valence-electron chi connectivity index (χ2n) is 4.69. The van der Waals surface area contributed by atoms with Crippen molar-refractivity contribution in [2.75, 3.05) is 0 Å². The number of nitrogens with two attached hydrogens (primary N) is 1. The predicted octanol–water partition coefficient (Wildman–Crippen LogP) is 3.55. The number of para-hydroxylation sites is 1. The topological polar surface area (TPSA) is 74.2 Å². The maximum Gasteiger partial charge on any atom is 0.243 e. The molecule has 0 fully saturated rings. The van der Waals surface area contributed by atoms with Crippen molar-refractivity contribution in [1.29, 1.82) is 0 Å². The summed E-state index contributed by atoms with van der Waals surface area (Å²) in [4.78, 5) is 4.27. The summed E-state index contributed by atoms with van der Waals surface area (Å²) in [6.07, 6.45) is 0. The van der Waals surface area contributed by atoms with Gasteiger partial charge in [0.2, 0.25) is 11.7 Å². The highest BCUT2D eigenvalue weighted by molar-refractivity contribution is 5.57. The molecule has 0 aliphatic rings. The lowest BCUT2D eigenvalue weighted by Crippen LogP contribution is -2.04. The minimum atomic E-state index is -0.282. The first-order valence-electron chi connectivity index (χ1n) is 6.65. The van der Waals surface area contributed by atoms with E-state index >= 15 is 0 Å². The van der Waals surface area contributed by atoms with Crippen molar-refractivity contribution in [1.82, 2.24) is 10.1 Å². The van der Waals surface area contributed by atoms with E-state index in [1.807, 2.05) is 54.6 Å². The maximum absolute atomic E-state index is 5.78. The van der Waals surface area contributed by atoms with Crippen LogP contribution in [-0.4, -0.2) is 10.1 Å². The smallest absolute Gasteiger partial charge is 0.243 e. The second-order valence-corrected chi connectivity index (χ2v) is 4.69. The Kier molecular flexibility index (Phi) is 3.66. The Balaban J connectivity index is 1.85. The summed E-state index contributed by atoms with van der Waals surface area (Å²) in [5.41, 5.74) is 6.53. The molecule has 0 spiro atoms. The van der Waals surface area contributed by atoms with Crippen LogP contribution in [-0.2, 0) is 0 Å². The van der Waals surface area contributed by atoms with Gasteiger partial charge in [-0.1, -0.05) is 35.5 Å². The summed E-state index contributed by atoms with van der Waals surface area (Å²) >= 11 is 0. The Labute approximate surface area is 122 Å². The number of nitrogens with zero attached hydrogens (tertiary/aromatic N) is 2. The van der Waals surface area contributed by atoms with Crippen LogP contribution in [0.15, 0.2) is 59.1 Å². The Morgan fingerprint density at radius 1 is 1.05 bits per heavy atom. The summed E-state index contributed by atoms with van der Waals surface area (Å²) in [6, 6.07) is 16.8. The molecule has 2 N–H and O–H groups in total. The third-order valence-corrected chi connectivity index (χ3v) is 2.90. The zero-order chi connectivity index (χ0) is 14.7. The third kappa shape index (κ3) is 3.09. The minimum Gasteiger partial charge on any atom is -0.457 e. The van der Waals surface area contributed by atoms with Gasteiger partial charge in [0, 0.05) is 5.56 Å². The van der Waals surface area contributed by atoms with Gasteiger partial charge < -0.3 is 15.0 Å². The van der Waals surface area contributed by atoms with Crippen molar-refractivity contribution in [3.8, 4) is 22.9 Å². The van der Waals surface area contributed by atoms with Gasteiger partial charge in [-0.25, -0.2) is 0 Å². The van der Waals surface area contributed by atoms with Gasteiger partial charge in [-0.3, -0.25) is 0 Å². The molecule has 0 aliphatic heterocycles. The standard InChI is InChI=1S/C16H15N3O2/c1-11(17)16-18-15(19-21-16)12-6-5-9-14(10-12)20-13-7-3-2-4-8-13/h2-11H,17H2,1H3. The molecule has 0 bridgehead atoms. The Bertz CT molecular complexity index is 723. The van der Waals surface area contributed by atoms with E-state index in [-0.39, 0.29) is 6.04 Å². The summed E-state index contributed by atoms with van der Waals surface area (Å²) in [5, 5.41) is 3.93. The van der Waals surface area contributed by atoms with E-state index in [1.54, 1.807) is 6.92 Å². The molecule has 106 valence electrons. The van der Waals surface area contributed by atoms with Crippen LogP contribution in [0.5, 0.6) is 11.5 Å². The molecule has 0 aliphatic carbocycles. The van der Waals surface area contributed by atoms with Crippen LogP contribution in [0.25, 0.3) is 11.4 Å². The van der Waals surface area contributed by atoms with Crippen molar-refractivity contribution < 1.29 is 9.26 Å². The largest absolute Gasteiger partial charge is 0.457 e. The highest BCUT2D eigenvalue weighted by atomic mass is 16.5. The van der Waals surface area contributed by atoms with E-state index in [4.69, 9.17) is 15.0 Å². The number of rotatable bonds is 4. The molecule has 5 nitrogen and oxygen atoms in total. The number of benzene rings is 2. The highest BCUT2D eigenvalue weighted by Gasteiger charge is 2.12. The zero-order valence-electron chi connectivity index (χ0n) is 11.6. The molecule has 0 saturated heterocycles. The summed E-state index contributed by atoms with van der Waals surface area (Å²) in [7, 11) is 0. The lowest BCUT2D eigenvalue weighted by molar-refractivity contribution is 0.362. The molecule has 0 amide bonds. The van der Waals surface area contributed by atoms with Gasteiger partial charge in [0.15, 0.2) is 0 Å². The SMILES string of the molecule is CC(N)c1nc(-c2cccc(Oc3ccccc3)c2)no1. The average Bonchev–Trinajstić information content (AvgIpc) is 2.99. The van der Waals surface area contributed by atoms with Gasteiger partial charge >= 0.3 is 0 Å². The number of aromatic nitrogens is 2. The van der Waals surface area contributed by atoms with E-state index in [0.29, 0.717) is 17.5 Å². The first-order chi connectivity index (χ1) is 10.2. The Morgan fingerprint density at radius 2 is 1.81 bits per heavy atom. The summed E-state index contributed by atoms with van der Waals surface area (Å²) in [6.45, 7) is 1.80. The fourth-order valence-corrected chi connectivity index (χ4v) is 1.86. The van der Waals surface area contributed by atoms with Crippen molar-refractivity contribution >= 4 is 0 Å². The van der Waals surface area contributed by atoms with Crippen LogP contribution in [0.3, 0.4) is 0 Å². The van der Waals surface area contributed by atoms with Gasteiger partial charge in [-0.2, -0.15) is 4.98 Å². The Hall–Kier alpha value is -2.66. The van der Waals surface area contributed by atoms with Crippen molar-refractivity contribution in [2.24, 2.45) is 5.73 Å². The van der Waals surface area contributed by atoms with Gasteiger partial charge in [0.05, 0.1) is 6.04 Å². The number of hydrogen-bond donors (Lipinski definition) is 1. The molecule has 1 atom stereocenters. The molecule has 21 heavy (non-hydrogen) atoms. The third-order valence-electron chi connectivity index (χ3n) is 2.90. The van der Waals surface area contributed by atoms with E-state index in [1.165, 1.54) is 0 Å². The monoisotopic (exact) mass is 281 g/mol.